The second-order valence-electron chi connectivity index (χ2n) is 8.24. The molecule has 0 saturated carbocycles. The molecule has 0 aliphatic carbocycles. The van der Waals surface area contributed by atoms with Crippen molar-refractivity contribution in [1.29, 1.82) is 0 Å². The zero-order valence-corrected chi connectivity index (χ0v) is 21.8. The molecule has 1 aliphatic rings. The van der Waals surface area contributed by atoms with Gasteiger partial charge in [0.2, 0.25) is 10.3 Å². The van der Waals surface area contributed by atoms with E-state index >= 15 is 0 Å². The number of nitrogens with one attached hydrogen (secondary N) is 1. The molecule has 3 heterocycles. The lowest BCUT2D eigenvalue weighted by molar-refractivity contribution is 0.194. The summed E-state index contributed by atoms with van der Waals surface area (Å²) in [5.41, 5.74) is 2.18. The zero-order chi connectivity index (χ0) is 25.1. The van der Waals surface area contributed by atoms with Crippen molar-refractivity contribution in [2.75, 3.05) is 31.5 Å². The fourth-order valence-electron chi connectivity index (χ4n) is 4.05. The summed E-state index contributed by atoms with van der Waals surface area (Å²) in [5, 5.41) is 30.2. The quantitative estimate of drug-likeness (QED) is 0.299. The minimum atomic E-state index is -0.637. The number of methoxy groups -OCH3 is 2. The monoisotopic (exact) mass is 525 g/mol. The van der Waals surface area contributed by atoms with Crippen LogP contribution >= 0.6 is 23.5 Å². The first kappa shape index (κ1) is 24.5. The molecule has 2 unspecified atom stereocenters. The topological polar surface area (TPSA) is 114 Å². The number of aromatic nitrogens is 6. The molecule has 188 valence electrons. The van der Waals surface area contributed by atoms with Gasteiger partial charge in [-0.25, -0.2) is 9.66 Å². The summed E-state index contributed by atoms with van der Waals surface area (Å²) >= 11 is 3.01. The van der Waals surface area contributed by atoms with Gasteiger partial charge in [0.05, 0.1) is 26.9 Å². The van der Waals surface area contributed by atoms with Gasteiger partial charge < -0.3 is 14.6 Å². The van der Waals surface area contributed by atoms with Gasteiger partial charge in [-0.3, -0.25) is 10.1 Å². The maximum Gasteiger partial charge on any atom is 0.212 e. The highest BCUT2D eigenvalue weighted by atomic mass is 32.2. The third kappa shape index (κ3) is 5.15. The molecule has 0 amide bonds. The zero-order valence-electron chi connectivity index (χ0n) is 20.2. The maximum atomic E-state index is 11.0. The van der Waals surface area contributed by atoms with E-state index in [4.69, 9.17) is 9.47 Å². The van der Waals surface area contributed by atoms with Crippen LogP contribution in [0.3, 0.4) is 0 Å². The number of hydrogen-bond acceptors (Lipinski definition) is 10. The van der Waals surface area contributed by atoms with Gasteiger partial charge in [-0.15, -0.1) is 15.3 Å². The molecule has 2 N–H and O–H groups in total. The molecule has 2 atom stereocenters. The number of fused-ring (bicyclic) bond motifs is 1. The van der Waals surface area contributed by atoms with E-state index in [-0.39, 0.29) is 5.37 Å². The summed E-state index contributed by atoms with van der Waals surface area (Å²) in [5.74, 6) is 3.33. The highest BCUT2D eigenvalue weighted by Gasteiger charge is 2.36. The Morgan fingerprint density at radius 3 is 2.69 bits per heavy atom. The third-order valence-corrected chi connectivity index (χ3v) is 7.93. The van der Waals surface area contributed by atoms with Gasteiger partial charge in [-0.05, 0) is 30.2 Å². The average Bonchev–Trinajstić information content (AvgIpc) is 3.60. The third-order valence-electron chi connectivity index (χ3n) is 5.73. The van der Waals surface area contributed by atoms with Crippen LogP contribution in [-0.2, 0) is 6.42 Å². The van der Waals surface area contributed by atoms with E-state index in [0.717, 1.165) is 27.9 Å². The van der Waals surface area contributed by atoms with Crippen LogP contribution in [0.5, 0.6) is 11.5 Å². The van der Waals surface area contributed by atoms with Gasteiger partial charge in [0.15, 0.2) is 11.5 Å². The lowest BCUT2D eigenvalue weighted by Crippen LogP contribution is -2.41. The number of rotatable bonds is 10. The highest BCUT2D eigenvalue weighted by molar-refractivity contribution is 7.99. The van der Waals surface area contributed by atoms with Gasteiger partial charge in [-0.2, -0.15) is 0 Å². The molecule has 0 bridgehead atoms. The second-order valence-corrected chi connectivity index (χ2v) is 10.3. The van der Waals surface area contributed by atoms with Crippen LogP contribution in [0.15, 0.2) is 58.8 Å². The summed E-state index contributed by atoms with van der Waals surface area (Å²) in [4.78, 5) is 4.57. The van der Waals surface area contributed by atoms with E-state index in [9.17, 15) is 5.11 Å². The molecule has 4 aromatic rings. The van der Waals surface area contributed by atoms with Crippen LogP contribution in [0.25, 0.3) is 0 Å². The van der Waals surface area contributed by atoms with Crippen molar-refractivity contribution in [2.45, 2.75) is 35.1 Å². The largest absolute Gasteiger partial charge is 0.493 e. The van der Waals surface area contributed by atoms with E-state index in [1.165, 1.54) is 11.8 Å². The fraction of sp³-hybridized carbons (Fsp3) is 0.333. The number of thioether (sulfide) groups is 2. The Hall–Kier alpha value is -3.22. The normalized spacial score (nSPS) is 15.7. The molecule has 1 aliphatic heterocycles. The van der Waals surface area contributed by atoms with Crippen molar-refractivity contribution in [2.24, 2.45) is 0 Å². The number of β-amino-alcohol motifs (C(OH)–C–C–N with tert-alkyl or cyclic N) is 1. The predicted octanol–water partition coefficient (Wildman–Crippen LogP) is 3.21. The second kappa shape index (κ2) is 10.8. The van der Waals surface area contributed by atoms with Gasteiger partial charge >= 0.3 is 0 Å². The first-order chi connectivity index (χ1) is 17.6. The Kier molecular flexibility index (Phi) is 7.35. The predicted molar refractivity (Wildman–Crippen MR) is 138 cm³/mol. The number of hydrogen-bond donors (Lipinski definition) is 2. The Morgan fingerprint density at radius 2 is 1.92 bits per heavy atom. The van der Waals surface area contributed by atoms with E-state index in [1.807, 2.05) is 48.0 Å². The molecule has 0 radical (unpaired) electrons. The molecular weight excluding hydrogens is 498 g/mol. The van der Waals surface area contributed by atoms with Crippen LogP contribution in [0, 0.1) is 6.92 Å². The molecule has 2 aromatic carbocycles. The molecule has 2 aromatic heterocycles. The standard InChI is InChI=1S/C24H27N7O3S2/c1-15-26-29-24-31(15)30(22(36-24)17-9-10-19(33-2)20(12-17)34-3)13-18(32)14-35-23-25-21(27-28-23)11-16-7-5-4-6-8-16/h4-10,12,18,22,32H,11,13-14H2,1-3H3,(H,25,27,28). The van der Waals surface area contributed by atoms with Crippen molar-refractivity contribution in [3.8, 4) is 11.5 Å². The summed E-state index contributed by atoms with van der Waals surface area (Å²) in [6, 6.07) is 16.0. The molecule has 12 heteroatoms. The van der Waals surface area contributed by atoms with Gasteiger partial charge in [0.1, 0.15) is 17.0 Å². The van der Waals surface area contributed by atoms with Gasteiger partial charge in [0, 0.05) is 12.2 Å². The lowest BCUT2D eigenvalue weighted by atomic mass is 10.1. The van der Waals surface area contributed by atoms with Gasteiger partial charge in [0.25, 0.3) is 0 Å². The molecule has 5 rings (SSSR count). The van der Waals surface area contributed by atoms with Crippen LogP contribution in [0.1, 0.15) is 28.1 Å². The molecule has 0 fully saturated rings. The van der Waals surface area contributed by atoms with Gasteiger partial charge in [-0.1, -0.05) is 59.9 Å². The summed E-state index contributed by atoms with van der Waals surface area (Å²) in [6.07, 6.45) is 0.0482. The number of H-pyrrole nitrogens is 1. The van der Waals surface area contributed by atoms with Crippen molar-refractivity contribution in [3.05, 3.63) is 71.3 Å². The van der Waals surface area contributed by atoms with Crippen molar-refractivity contribution < 1.29 is 14.6 Å². The van der Waals surface area contributed by atoms with Crippen molar-refractivity contribution in [3.63, 3.8) is 0 Å². The summed E-state index contributed by atoms with van der Waals surface area (Å²) in [6.45, 7) is 2.29. The number of ether oxygens (including phenoxy) is 2. The van der Waals surface area contributed by atoms with Crippen LogP contribution in [-0.4, -0.2) is 67.8 Å². The molecular formula is C24H27N7O3S2. The van der Waals surface area contributed by atoms with Crippen molar-refractivity contribution in [1.82, 2.24) is 30.1 Å². The molecule has 36 heavy (non-hydrogen) atoms. The fourth-order valence-corrected chi connectivity index (χ4v) is 5.99. The number of aryl methyl sites for hydroxylation is 1. The van der Waals surface area contributed by atoms with E-state index < -0.39 is 6.10 Å². The Labute approximate surface area is 217 Å². The van der Waals surface area contributed by atoms with Crippen LogP contribution in [0.2, 0.25) is 0 Å². The van der Waals surface area contributed by atoms with Crippen LogP contribution in [0.4, 0.5) is 0 Å². The Morgan fingerprint density at radius 1 is 1.11 bits per heavy atom. The molecule has 0 spiro atoms. The number of aromatic amines is 1. The van der Waals surface area contributed by atoms with Crippen LogP contribution < -0.4 is 14.5 Å². The smallest absolute Gasteiger partial charge is 0.212 e. The van der Waals surface area contributed by atoms with E-state index in [0.29, 0.717) is 35.4 Å². The number of aliphatic hydroxyl groups excluding tert-OH is 1. The lowest BCUT2D eigenvalue weighted by Gasteiger charge is -2.29. The van der Waals surface area contributed by atoms with E-state index in [2.05, 4.69) is 42.5 Å². The maximum absolute atomic E-state index is 11.0. The first-order valence-electron chi connectivity index (χ1n) is 11.4. The average molecular weight is 526 g/mol. The number of nitrogens with zero attached hydrogens (tertiary/aromatic N) is 6. The molecule has 0 saturated heterocycles. The minimum absolute atomic E-state index is 0.102. The van der Waals surface area contributed by atoms with Crippen molar-refractivity contribution >= 4 is 23.5 Å². The number of aliphatic hydroxyl groups is 1. The summed E-state index contributed by atoms with van der Waals surface area (Å²) < 4.78 is 12.9. The highest BCUT2D eigenvalue weighted by Crippen LogP contribution is 2.45. The molecule has 10 nitrogen and oxygen atoms in total. The number of benzene rings is 2. The SMILES string of the molecule is COc1ccc(C2Sc3nnc(C)n3N2CC(O)CSc2n[nH]c(Cc3ccccc3)n2)cc1OC. The Bertz CT molecular complexity index is 1310. The minimum Gasteiger partial charge on any atom is -0.493 e. The summed E-state index contributed by atoms with van der Waals surface area (Å²) in [7, 11) is 3.24. The Balaban J connectivity index is 1.27. The first-order valence-corrected chi connectivity index (χ1v) is 13.3. The van der Waals surface area contributed by atoms with E-state index in [1.54, 1.807) is 26.0 Å².